The van der Waals surface area contributed by atoms with Crippen molar-refractivity contribution in [2.24, 2.45) is 5.92 Å². The first-order valence-corrected chi connectivity index (χ1v) is 11.8. The summed E-state index contributed by atoms with van der Waals surface area (Å²) in [5.41, 5.74) is 1.03. The topological polar surface area (TPSA) is 61.9 Å². The van der Waals surface area contributed by atoms with E-state index in [0.29, 0.717) is 24.7 Å². The zero-order valence-electron chi connectivity index (χ0n) is 18.7. The van der Waals surface area contributed by atoms with Gasteiger partial charge in [-0.25, -0.2) is 9.18 Å². The molecule has 0 bridgehead atoms. The third kappa shape index (κ3) is 5.47. The number of hydrogen-bond donors (Lipinski definition) is 1. The zero-order chi connectivity index (χ0) is 23.4. The van der Waals surface area contributed by atoms with Crippen LogP contribution in [0.15, 0.2) is 48.5 Å². The number of likely N-dealkylation sites (N-methyl/N-ethyl adjacent to an activating group) is 1. The van der Waals surface area contributed by atoms with Crippen molar-refractivity contribution in [3.05, 3.63) is 64.9 Å². The summed E-state index contributed by atoms with van der Waals surface area (Å²) in [6.45, 7) is 4.99. The van der Waals surface area contributed by atoms with Crippen molar-refractivity contribution in [2.45, 2.75) is 31.7 Å². The number of nitrogens with zero attached hydrogens (tertiary/aromatic N) is 2. The maximum atomic E-state index is 13.3. The predicted molar refractivity (Wildman–Crippen MR) is 125 cm³/mol. The molecule has 0 unspecified atom stereocenters. The average molecular weight is 474 g/mol. The Labute approximate surface area is 198 Å². The van der Waals surface area contributed by atoms with Crippen LogP contribution in [-0.2, 0) is 4.79 Å². The summed E-state index contributed by atoms with van der Waals surface area (Å²) in [5, 5.41) is 3.94. The number of carbonyl (C=O) groups is 2. The number of amides is 2. The maximum Gasteiger partial charge on any atom is 0.415 e. The van der Waals surface area contributed by atoms with Crippen LogP contribution in [0.3, 0.4) is 0 Å². The second-order valence-corrected chi connectivity index (χ2v) is 9.04. The van der Waals surface area contributed by atoms with Crippen molar-refractivity contribution in [2.75, 3.05) is 32.7 Å². The van der Waals surface area contributed by atoms with Crippen molar-refractivity contribution >= 4 is 23.6 Å². The van der Waals surface area contributed by atoms with Crippen molar-refractivity contribution in [3.8, 4) is 5.75 Å². The number of rotatable bonds is 5. The molecule has 33 heavy (non-hydrogen) atoms. The van der Waals surface area contributed by atoms with Crippen LogP contribution >= 0.6 is 11.6 Å². The van der Waals surface area contributed by atoms with Crippen LogP contribution in [0.2, 0.25) is 5.02 Å². The van der Waals surface area contributed by atoms with E-state index in [9.17, 15) is 14.0 Å². The number of ether oxygens (including phenoxy) is 1. The highest BCUT2D eigenvalue weighted by molar-refractivity contribution is 6.30. The van der Waals surface area contributed by atoms with Crippen LogP contribution in [0.25, 0.3) is 0 Å². The third-order valence-corrected chi connectivity index (χ3v) is 6.83. The standard InChI is InChI=1S/C25H29ClFN3O3/c1-2-30(25(32)33-21-9-7-20(27)8-10-21)23-16-29(24(31)18-11-13-28-14-12-18)15-22(23)17-3-5-19(26)6-4-17/h3-10,18,22-23,28H,2,11-16H2,1H3/t22-,23+/m0/s1. The Bertz CT molecular complexity index is 964. The minimum atomic E-state index is -0.510. The molecule has 0 radical (unpaired) electrons. The third-order valence-electron chi connectivity index (χ3n) is 6.58. The van der Waals surface area contributed by atoms with E-state index in [1.54, 1.807) is 4.90 Å². The van der Waals surface area contributed by atoms with Gasteiger partial charge in [-0.1, -0.05) is 23.7 Å². The van der Waals surface area contributed by atoms with Gasteiger partial charge in [0.1, 0.15) is 11.6 Å². The van der Waals surface area contributed by atoms with E-state index in [4.69, 9.17) is 16.3 Å². The Balaban J connectivity index is 1.56. The van der Waals surface area contributed by atoms with Crippen molar-refractivity contribution < 1.29 is 18.7 Å². The molecule has 0 aliphatic carbocycles. The number of piperidine rings is 1. The van der Waals surface area contributed by atoms with E-state index in [1.807, 2.05) is 36.1 Å². The number of benzene rings is 2. The van der Waals surface area contributed by atoms with Gasteiger partial charge in [-0.3, -0.25) is 4.79 Å². The molecule has 2 aliphatic rings. The summed E-state index contributed by atoms with van der Waals surface area (Å²) >= 11 is 6.10. The van der Waals surface area contributed by atoms with Gasteiger partial charge < -0.3 is 19.9 Å². The summed E-state index contributed by atoms with van der Waals surface area (Å²) in [4.78, 5) is 30.0. The maximum absolute atomic E-state index is 13.3. The first-order chi connectivity index (χ1) is 16.0. The van der Waals surface area contributed by atoms with E-state index < -0.39 is 11.9 Å². The second kappa shape index (κ2) is 10.5. The lowest BCUT2D eigenvalue weighted by Crippen LogP contribution is -2.46. The largest absolute Gasteiger partial charge is 0.415 e. The summed E-state index contributed by atoms with van der Waals surface area (Å²) in [6.07, 6.45) is 1.15. The number of carbonyl (C=O) groups excluding carboxylic acids is 2. The lowest BCUT2D eigenvalue weighted by molar-refractivity contribution is -0.135. The Morgan fingerprint density at radius 1 is 1.09 bits per heavy atom. The van der Waals surface area contributed by atoms with Gasteiger partial charge in [0.25, 0.3) is 0 Å². The molecule has 0 aromatic heterocycles. The molecule has 2 aliphatic heterocycles. The van der Waals surface area contributed by atoms with E-state index in [-0.39, 0.29) is 29.5 Å². The SMILES string of the molecule is CCN(C(=O)Oc1ccc(F)cc1)[C@@H]1CN(C(=O)C2CCNCC2)C[C@H]1c1ccc(Cl)cc1. The van der Waals surface area contributed by atoms with Crippen molar-refractivity contribution in [3.63, 3.8) is 0 Å². The molecule has 2 aromatic rings. The summed E-state index contributed by atoms with van der Waals surface area (Å²) in [7, 11) is 0. The smallest absolute Gasteiger partial charge is 0.410 e. The molecule has 1 N–H and O–H groups in total. The Kier molecular flexibility index (Phi) is 7.50. The Morgan fingerprint density at radius 2 is 1.76 bits per heavy atom. The first-order valence-electron chi connectivity index (χ1n) is 11.4. The van der Waals surface area contributed by atoms with Gasteiger partial charge >= 0.3 is 6.09 Å². The van der Waals surface area contributed by atoms with Crippen LogP contribution in [0, 0.1) is 11.7 Å². The Hall–Kier alpha value is -2.64. The molecule has 0 spiro atoms. The fraction of sp³-hybridized carbons (Fsp3) is 0.440. The normalized spacial score (nSPS) is 21.1. The number of hydrogen-bond acceptors (Lipinski definition) is 4. The van der Waals surface area contributed by atoms with Gasteiger partial charge in [0, 0.05) is 36.5 Å². The molecule has 8 heteroatoms. The first kappa shape index (κ1) is 23.5. The molecule has 2 aromatic carbocycles. The van der Waals surface area contributed by atoms with Crippen molar-refractivity contribution in [1.29, 1.82) is 0 Å². The van der Waals surface area contributed by atoms with Gasteiger partial charge in [0.15, 0.2) is 0 Å². The van der Waals surface area contributed by atoms with Crippen LogP contribution in [0.5, 0.6) is 5.75 Å². The lowest BCUT2D eigenvalue weighted by Gasteiger charge is -2.31. The molecule has 6 nitrogen and oxygen atoms in total. The molecule has 2 saturated heterocycles. The molecule has 2 amide bonds. The molecule has 0 saturated carbocycles. The molecule has 2 heterocycles. The minimum absolute atomic E-state index is 0.0112. The average Bonchev–Trinajstić information content (AvgIpc) is 3.26. The second-order valence-electron chi connectivity index (χ2n) is 8.60. The highest BCUT2D eigenvalue weighted by Gasteiger charge is 2.42. The van der Waals surface area contributed by atoms with Gasteiger partial charge in [0.2, 0.25) is 5.91 Å². The van der Waals surface area contributed by atoms with E-state index >= 15 is 0 Å². The van der Waals surface area contributed by atoms with E-state index in [0.717, 1.165) is 31.5 Å². The Morgan fingerprint density at radius 3 is 2.39 bits per heavy atom. The number of nitrogens with one attached hydrogen (secondary N) is 1. The number of halogens is 2. The van der Waals surface area contributed by atoms with Crippen LogP contribution in [0.1, 0.15) is 31.2 Å². The minimum Gasteiger partial charge on any atom is -0.410 e. The lowest BCUT2D eigenvalue weighted by atomic mass is 9.93. The zero-order valence-corrected chi connectivity index (χ0v) is 19.4. The van der Waals surface area contributed by atoms with Gasteiger partial charge in [0.05, 0.1) is 6.04 Å². The highest BCUT2D eigenvalue weighted by Crippen LogP contribution is 2.34. The van der Waals surface area contributed by atoms with Crippen LogP contribution in [-0.4, -0.2) is 60.6 Å². The van der Waals surface area contributed by atoms with Gasteiger partial charge in [-0.05, 0) is 74.8 Å². The molecule has 2 fully saturated rings. The van der Waals surface area contributed by atoms with Gasteiger partial charge in [-0.15, -0.1) is 0 Å². The van der Waals surface area contributed by atoms with Crippen LogP contribution < -0.4 is 10.1 Å². The summed E-state index contributed by atoms with van der Waals surface area (Å²) in [5.74, 6) is -0.0111. The summed E-state index contributed by atoms with van der Waals surface area (Å²) < 4.78 is 18.8. The monoisotopic (exact) mass is 473 g/mol. The number of likely N-dealkylation sites (tertiary alicyclic amines) is 1. The highest BCUT2D eigenvalue weighted by atomic mass is 35.5. The van der Waals surface area contributed by atoms with Crippen LogP contribution in [0.4, 0.5) is 9.18 Å². The van der Waals surface area contributed by atoms with E-state index in [2.05, 4.69) is 5.32 Å². The summed E-state index contributed by atoms with van der Waals surface area (Å²) in [6, 6.07) is 12.7. The molecular formula is C25H29ClFN3O3. The van der Waals surface area contributed by atoms with Gasteiger partial charge in [-0.2, -0.15) is 0 Å². The molecule has 2 atom stereocenters. The fourth-order valence-electron chi connectivity index (χ4n) is 4.81. The van der Waals surface area contributed by atoms with Crippen molar-refractivity contribution in [1.82, 2.24) is 15.1 Å². The van der Waals surface area contributed by atoms with E-state index in [1.165, 1.54) is 24.3 Å². The fourth-order valence-corrected chi connectivity index (χ4v) is 4.93. The molecule has 4 rings (SSSR count). The predicted octanol–water partition coefficient (Wildman–Crippen LogP) is 4.29. The molecular weight excluding hydrogens is 445 g/mol. The quantitative estimate of drug-likeness (QED) is 0.703. The molecule has 176 valence electrons.